The molecule has 39 heavy (non-hydrogen) atoms. The molecule has 9 nitrogen and oxygen atoms in total. The Kier molecular flexibility index (Phi) is 10.3. The molecular weight excluding hydrogens is 511 g/mol. The van der Waals surface area contributed by atoms with Gasteiger partial charge in [0.1, 0.15) is 17.7 Å². The first kappa shape index (κ1) is 29.4. The van der Waals surface area contributed by atoms with E-state index in [0.29, 0.717) is 42.4 Å². The fourth-order valence-corrected chi connectivity index (χ4v) is 3.79. The molecule has 3 rings (SSSR count). The molecule has 1 fully saturated rings. The Hall–Kier alpha value is -4.11. The maximum Gasteiger partial charge on any atom is 0.267 e. The Morgan fingerprint density at radius 3 is 2.69 bits per heavy atom. The Labute approximate surface area is 225 Å². The van der Waals surface area contributed by atoms with Gasteiger partial charge in [0.25, 0.3) is 5.92 Å². The predicted octanol–water partition coefficient (Wildman–Crippen LogP) is 3.00. The second kappa shape index (κ2) is 13.6. The number of amides is 2. The molecule has 1 aliphatic rings. The van der Waals surface area contributed by atoms with Gasteiger partial charge in [0, 0.05) is 44.7 Å². The average molecular weight is 544 g/mol. The van der Waals surface area contributed by atoms with Gasteiger partial charge in [-0.25, -0.2) is 18.2 Å². The van der Waals surface area contributed by atoms with Crippen LogP contribution >= 0.6 is 0 Å². The molecule has 2 aromatic rings. The molecule has 1 aromatic heterocycles. The number of carbonyl (C=O) groups excluding carboxylic acids is 2. The highest BCUT2D eigenvalue weighted by atomic mass is 19.3. The first-order valence-electron chi connectivity index (χ1n) is 12.4. The molecule has 208 valence electrons. The number of likely N-dealkylation sites (N-methyl/N-ethyl adjacent to an activating group) is 1. The standard InChI is InChI=1S/C27H32F3N7O2/c1-31-24-19(17-33-26(35-24)34-21-12-10-20(28)11-13-21)8-5-4-6-14-32-25(39)22-16-27(29,30)18-37(22)23(38)9-7-15-36(2)3/h7,9-13,17,22H,4,6,14-16,18H2,1-3H3,(H,32,39)(H2,31,33,34,35)/t22-/m0/s1. The van der Waals surface area contributed by atoms with Crippen molar-refractivity contribution in [3.8, 4) is 11.8 Å². The third kappa shape index (κ3) is 9.00. The zero-order valence-electron chi connectivity index (χ0n) is 22.1. The molecule has 1 saturated heterocycles. The Morgan fingerprint density at radius 1 is 1.26 bits per heavy atom. The summed E-state index contributed by atoms with van der Waals surface area (Å²) in [7, 11) is 5.33. The lowest BCUT2D eigenvalue weighted by Crippen LogP contribution is -2.45. The summed E-state index contributed by atoms with van der Waals surface area (Å²) in [5.41, 5.74) is 1.20. The van der Waals surface area contributed by atoms with Gasteiger partial charge in [0.15, 0.2) is 0 Å². The van der Waals surface area contributed by atoms with Gasteiger partial charge in [-0.3, -0.25) is 9.59 Å². The van der Waals surface area contributed by atoms with Gasteiger partial charge in [0.2, 0.25) is 17.8 Å². The number of nitrogens with zero attached hydrogens (tertiary/aromatic N) is 4. The molecule has 1 atom stereocenters. The molecule has 1 aliphatic heterocycles. The molecule has 2 heterocycles. The van der Waals surface area contributed by atoms with Crippen molar-refractivity contribution in [1.29, 1.82) is 0 Å². The van der Waals surface area contributed by atoms with Crippen LogP contribution in [0.1, 0.15) is 24.8 Å². The van der Waals surface area contributed by atoms with E-state index < -0.39 is 36.7 Å². The highest BCUT2D eigenvalue weighted by Gasteiger charge is 2.49. The van der Waals surface area contributed by atoms with Crippen LogP contribution in [0.4, 0.5) is 30.6 Å². The number of alkyl halides is 2. The number of carbonyl (C=O) groups is 2. The van der Waals surface area contributed by atoms with E-state index in [1.807, 2.05) is 19.0 Å². The number of nitrogens with one attached hydrogen (secondary N) is 3. The molecule has 12 heteroatoms. The van der Waals surface area contributed by atoms with Gasteiger partial charge in [-0.2, -0.15) is 4.98 Å². The Morgan fingerprint density at radius 2 is 2.00 bits per heavy atom. The van der Waals surface area contributed by atoms with Crippen LogP contribution in [0.15, 0.2) is 42.6 Å². The van der Waals surface area contributed by atoms with Crippen LogP contribution in [0.5, 0.6) is 0 Å². The molecule has 0 aliphatic carbocycles. The van der Waals surface area contributed by atoms with Gasteiger partial charge in [0.05, 0.1) is 18.3 Å². The SMILES string of the molecule is CNc1nc(Nc2ccc(F)cc2)ncc1C#CCCCNC(=O)[C@@H]1CC(F)(F)CN1C(=O)C=CCN(C)C. The minimum Gasteiger partial charge on any atom is -0.372 e. The van der Waals surface area contributed by atoms with Gasteiger partial charge in [-0.1, -0.05) is 17.9 Å². The number of unbranched alkanes of at least 4 members (excludes halogenated alkanes) is 1. The predicted molar refractivity (Wildman–Crippen MR) is 143 cm³/mol. The van der Waals surface area contributed by atoms with Crippen LogP contribution in [0.3, 0.4) is 0 Å². The van der Waals surface area contributed by atoms with Crippen molar-refractivity contribution in [3.63, 3.8) is 0 Å². The average Bonchev–Trinajstić information content (AvgIpc) is 3.23. The van der Waals surface area contributed by atoms with Crippen molar-refractivity contribution in [2.75, 3.05) is 51.4 Å². The summed E-state index contributed by atoms with van der Waals surface area (Å²) in [6.45, 7) is -0.0768. The second-order valence-electron chi connectivity index (χ2n) is 9.24. The van der Waals surface area contributed by atoms with Crippen LogP contribution in [0.25, 0.3) is 0 Å². The Balaban J connectivity index is 1.49. The number of aromatic nitrogens is 2. The van der Waals surface area contributed by atoms with E-state index in [1.165, 1.54) is 18.2 Å². The number of likely N-dealkylation sites (tertiary alicyclic amines) is 1. The van der Waals surface area contributed by atoms with Crippen LogP contribution < -0.4 is 16.0 Å². The largest absolute Gasteiger partial charge is 0.372 e. The second-order valence-corrected chi connectivity index (χ2v) is 9.24. The molecular formula is C27H32F3N7O2. The fraction of sp³-hybridized carbons (Fsp3) is 0.407. The Bertz CT molecular complexity index is 1240. The molecule has 3 N–H and O–H groups in total. The summed E-state index contributed by atoms with van der Waals surface area (Å²) in [5, 5.41) is 8.58. The van der Waals surface area contributed by atoms with E-state index in [-0.39, 0.29) is 12.4 Å². The van der Waals surface area contributed by atoms with Crippen LogP contribution in [0, 0.1) is 17.7 Å². The van der Waals surface area contributed by atoms with Crippen molar-refractivity contribution >= 4 is 29.3 Å². The number of rotatable bonds is 10. The van der Waals surface area contributed by atoms with Gasteiger partial charge in [-0.05, 0) is 44.8 Å². The normalized spacial score (nSPS) is 16.2. The molecule has 0 radical (unpaired) electrons. The molecule has 0 spiro atoms. The van der Waals surface area contributed by atoms with Crippen molar-refractivity contribution < 1.29 is 22.8 Å². The lowest BCUT2D eigenvalue weighted by Gasteiger charge is -2.21. The summed E-state index contributed by atoms with van der Waals surface area (Å²) in [5.74, 6) is 2.10. The summed E-state index contributed by atoms with van der Waals surface area (Å²) < 4.78 is 41.1. The maximum absolute atomic E-state index is 14.0. The zero-order chi connectivity index (χ0) is 28.4. The van der Waals surface area contributed by atoms with Gasteiger partial charge >= 0.3 is 0 Å². The van der Waals surface area contributed by atoms with Crippen molar-refractivity contribution in [2.24, 2.45) is 0 Å². The summed E-state index contributed by atoms with van der Waals surface area (Å²) in [4.78, 5) is 36.3. The van der Waals surface area contributed by atoms with Crippen LogP contribution in [-0.4, -0.2) is 84.3 Å². The number of halogens is 3. The number of benzene rings is 1. The number of hydrogen-bond donors (Lipinski definition) is 3. The van der Waals surface area contributed by atoms with Gasteiger partial charge < -0.3 is 25.8 Å². The highest BCUT2D eigenvalue weighted by Crippen LogP contribution is 2.32. The molecule has 0 unspecified atom stereocenters. The molecule has 1 aromatic carbocycles. The summed E-state index contributed by atoms with van der Waals surface area (Å²) in [6.07, 6.45) is 4.57. The van der Waals surface area contributed by atoms with E-state index in [4.69, 9.17) is 0 Å². The minimum atomic E-state index is -3.12. The third-order valence-electron chi connectivity index (χ3n) is 5.71. The molecule has 0 saturated carbocycles. The topological polar surface area (TPSA) is 102 Å². The lowest BCUT2D eigenvalue weighted by atomic mass is 10.1. The number of hydrogen-bond acceptors (Lipinski definition) is 7. The minimum absolute atomic E-state index is 0.226. The highest BCUT2D eigenvalue weighted by molar-refractivity contribution is 5.93. The molecule has 2 amide bonds. The van der Waals surface area contributed by atoms with Crippen LogP contribution in [0.2, 0.25) is 0 Å². The third-order valence-corrected chi connectivity index (χ3v) is 5.71. The monoisotopic (exact) mass is 543 g/mol. The molecule has 0 bridgehead atoms. The quantitative estimate of drug-likeness (QED) is 0.241. The smallest absolute Gasteiger partial charge is 0.267 e. The zero-order valence-corrected chi connectivity index (χ0v) is 22.1. The van der Waals surface area contributed by atoms with Gasteiger partial charge in [-0.15, -0.1) is 0 Å². The van der Waals surface area contributed by atoms with E-state index >= 15 is 0 Å². The van der Waals surface area contributed by atoms with Crippen molar-refractivity contribution in [1.82, 2.24) is 25.1 Å². The van der Waals surface area contributed by atoms with Crippen LogP contribution in [-0.2, 0) is 9.59 Å². The van der Waals surface area contributed by atoms with E-state index in [2.05, 4.69) is 37.8 Å². The van der Waals surface area contributed by atoms with Crippen molar-refractivity contribution in [2.45, 2.75) is 31.2 Å². The maximum atomic E-state index is 14.0. The number of anilines is 3. The summed E-state index contributed by atoms with van der Waals surface area (Å²) >= 11 is 0. The summed E-state index contributed by atoms with van der Waals surface area (Å²) in [6, 6.07) is 4.57. The van der Waals surface area contributed by atoms with Crippen molar-refractivity contribution in [3.05, 3.63) is 54.0 Å². The van der Waals surface area contributed by atoms with E-state index in [1.54, 1.807) is 31.5 Å². The first-order valence-corrected chi connectivity index (χ1v) is 12.4. The fourth-order valence-electron chi connectivity index (χ4n) is 3.79. The van der Waals surface area contributed by atoms with E-state index in [0.717, 1.165) is 4.90 Å². The lowest BCUT2D eigenvalue weighted by molar-refractivity contribution is -0.135. The van der Waals surface area contributed by atoms with E-state index in [9.17, 15) is 22.8 Å². The first-order chi connectivity index (χ1) is 18.6.